The van der Waals surface area contributed by atoms with Gasteiger partial charge in [-0.2, -0.15) is 0 Å². The van der Waals surface area contributed by atoms with Crippen LogP contribution in [0.2, 0.25) is 0 Å². The quantitative estimate of drug-likeness (QED) is 0.748. The van der Waals surface area contributed by atoms with Crippen LogP contribution in [-0.4, -0.2) is 47.2 Å². The van der Waals surface area contributed by atoms with Crippen LogP contribution in [0.3, 0.4) is 0 Å². The number of hydrogen-bond acceptors (Lipinski definition) is 3. The number of rotatable bonds is 5. The van der Waals surface area contributed by atoms with E-state index in [2.05, 4.69) is 5.32 Å². The van der Waals surface area contributed by atoms with E-state index < -0.39 is 12.1 Å². The number of carboxylic acid groups (broad SMARTS) is 1. The molecule has 0 aliphatic carbocycles. The van der Waals surface area contributed by atoms with Gasteiger partial charge < -0.3 is 21.1 Å². The van der Waals surface area contributed by atoms with Gasteiger partial charge in [0.1, 0.15) is 6.04 Å². The van der Waals surface area contributed by atoms with Gasteiger partial charge >= 0.3 is 6.09 Å². The molecule has 2 rings (SSSR count). The maximum Gasteiger partial charge on any atom is 0.405 e. The molecule has 1 aromatic carbocycles. The second-order valence-electron chi connectivity index (χ2n) is 5.26. The molecule has 6 nitrogen and oxygen atoms in total. The summed E-state index contributed by atoms with van der Waals surface area (Å²) in [5.74, 6) is -0.186. The third-order valence-corrected chi connectivity index (χ3v) is 3.81. The van der Waals surface area contributed by atoms with Gasteiger partial charge in [-0.3, -0.25) is 4.79 Å². The summed E-state index contributed by atoms with van der Waals surface area (Å²) in [7, 11) is 0. The van der Waals surface area contributed by atoms with Gasteiger partial charge in [-0.15, -0.1) is 0 Å². The summed E-state index contributed by atoms with van der Waals surface area (Å²) in [6.07, 6.45) is 0.957. The van der Waals surface area contributed by atoms with Gasteiger partial charge in [-0.05, 0) is 18.4 Å². The van der Waals surface area contributed by atoms with Crippen molar-refractivity contribution in [2.45, 2.75) is 31.3 Å². The summed E-state index contributed by atoms with van der Waals surface area (Å²) >= 11 is 0. The molecule has 2 unspecified atom stereocenters. The average molecular weight is 291 g/mol. The molecule has 1 aliphatic heterocycles. The summed E-state index contributed by atoms with van der Waals surface area (Å²) in [6, 6.07) is 8.65. The van der Waals surface area contributed by atoms with Crippen LogP contribution in [0.1, 0.15) is 18.4 Å². The van der Waals surface area contributed by atoms with Crippen LogP contribution in [0, 0.1) is 0 Å². The van der Waals surface area contributed by atoms with Crippen molar-refractivity contribution in [3.63, 3.8) is 0 Å². The molecule has 4 N–H and O–H groups in total. The Morgan fingerprint density at radius 2 is 2.10 bits per heavy atom. The Bertz CT molecular complexity index is 492. The van der Waals surface area contributed by atoms with Crippen LogP contribution in [0.15, 0.2) is 30.3 Å². The molecule has 114 valence electrons. The Morgan fingerprint density at radius 3 is 2.71 bits per heavy atom. The number of amides is 2. The molecular formula is C15H21N3O3. The fourth-order valence-electron chi connectivity index (χ4n) is 2.77. The van der Waals surface area contributed by atoms with Crippen molar-refractivity contribution in [2.75, 3.05) is 13.1 Å². The smallest absolute Gasteiger partial charge is 0.405 e. The van der Waals surface area contributed by atoms with Crippen molar-refractivity contribution in [1.82, 2.24) is 10.2 Å². The van der Waals surface area contributed by atoms with Gasteiger partial charge in [0.2, 0.25) is 5.91 Å². The predicted molar refractivity (Wildman–Crippen MR) is 78.9 cm³/mol. The van der Waals surface area contributed by atoms with Crippen LogP contribution < -0.4 is 11.1 Å². The van der Waals surface area contributed by atoms with Crippen molar-refractivity contribution >= 4 is 12.0 Å². The topological polar surface area (TPSA) is 95.7 Å². The first kappa shape index (κ1) is 15.3. The first-order valence-electron chi connectivity index (χ1n) is 7.15. The molecule has 1 aliphatic rings. The monoisotopic (exact) mass is 291 g/mol. The van der Waals surface area contributed by atoms with Gasteiger partial charge in [0, 0.05) is 25.6 Å². The standard InChI is InChI=1S/C15H21N3O3/c16-10-12-7-4-8-18(12)14(19)13(17-15(20)21)9-11-5-2-1-3-6-11/h1-3,5-6,12-13,17H,4,7-10,16H2,(H,20,21). The Kier molecular flexibility index (Phi) is 5.16. The van der Waals surface area contributed by atoms with Crippen molar-refractivity contribution < 1.29 is 14.7 Å². The molecule has 6 heteroatoms. The van der Waals surface area contributed by atoms with Crippen LogP contribution in [-0.2, 0) is 11.2 Å². The number of carbonyl (C=O) groups excluding carboxylic acids is 1. The first-order valence-corrected chi connectivity index (χ1v) is 7.15. The molecule has 1 aromatic rings. The van der Waals surface area contributed by atoms with E-state index in [1.54, 1.807) is 4.90 Å². The molecule has 2 atom stereocenters. The number of nitrogens with two attached hydrogens (primary N) is 1. The van der Waals surface area contributed by atoms with E-state index in [-0.39, 0.29) is 11.9 Å². The van der Waals surface area contributed by atoms with Crippen molar-refractivity contribution in [2.24, 2.45) is 5.73 Å². The lowest BCUT2D eigenvalue weighted by Gasteiger charge is -2.28. The minimum absolute atomic E-state index is 0.0198. The molecule has 21 heavy (non-hydrogen) atoms. The van der Waals surface area contributed by atoms with Crippen molar-refractivity contribution in [3.05, 3.63) is 35.9 Å². The summed E-state index contributed by atoms with van der Waals surface area (Å²) in [4.78, 5) is 25.3. The maximum atomic E-state index is 12.6. The third kappa shape index (κ3) is 3.95. The molecule has 1 fully saturated rings. The first-order chi connectivity index (χ1) is 10.1. The Balaban J connectivity index is 2.11. The van der Waals surface area contributed by atoms with Crippen LogP contribution >= 0.6 is 0 Å². The number of benzene rings is 1. The molecule has 2 amide bonds. The number of nitrogens with zero attached hydrogens (tertiary/aromatic N) is 1. The van der Waals surface area contributed by atoms with E-state index in [0.29, 0.717) is 19.5 Å². The molecule has 0 bridgehead atoms. The van der Waals surface area contributed by atoms with Crippen LogP contribution in [0.5, 0.6) is 0 Å². The van der Waals surface area contributed by atoms with E-state index in [0.717, 1.165) is 18.4 Å². The van der Waals surface area contributed by atoms with Crippen LogP contribution in [0.25, 0.3) is 0 Å². The minimum Gasteiger partial charge on any atom is -0.465 e. The molecule has 0 radical (unpaired) electrons. The molecular weight excluding hydrogens is 270 g/mol. The van der Waals surface area contributed by atoms with Gasteiger partial charge in [-0.25, -0.2) is 4.79 Å². The predicted octanol–water partition coefficient (Wildman–Crippen LogP) is 0.815. The number of likely N-dealkylation sites (tertiary alicyclic amines) is 1. The summed E-state index contributed by atoms with van der Waals surface area (Å²) in [6.45, 7) is 1.06. The lowest BCUT2D eigenvalue weighted by atomic mass is 10.0. The third-order valence-electron chi connectivity index (χ3n) is 3.81. The van der Waals surface area contributed by atoms with Gasteiger partial charge in [-0.1, -0.05) is 30.3 Å². The summed E-state index contributed by atoms with van der Waals surface area (Å²) in [5, 5.41) is 11.3. The molecule has 1 saturated heterocycles. The average Bonchev–Trinajstić information content (AvgIpc) is 2.95. The SMILES string of the molecule is NCC1CCCN1C(=O)C(Cc1ccccc1)NC(=O)O. The molecule has 1 heterocycles. The highest BCUT2D eigenvalue weighted by molar-refractivity contribution is 5.86. The zero-order valence-electron chi connectivity index (χ0n) is 11.9. The lowest BCUT2D eigenvalue weighted by molar-refractivity contribution is -0.134. The van der Waals surface area contributed by atoms with E-state index in [4.69, 9.17) is 10.8 Å². The van der Waals surface area contributed by atoms with Gasteiger partial charge in [0.25, 0.3) is 0 Å². The normalized spacial score (nSPS) is 19.3. The number of nitrogens with one attached hydrogen (secondary N) is 1. The van der Waals surface area contributed by atoms with Crippen molar-refractivity contribution in [1.29, 1.82) is 0 Å². The summed E-state index contributed by atoms with van der Waals surface area (Å²) in [5.41, 5.74) is 6.61. The van der Waals surface area contributed by atoms with E-state index >= 15 is 0 Å². The highest BCUT2D eigenvalue weighted by atomic mass is 16.4. The van der Waals surface area contributed by atoms with E-state index in [9.17, 15) is 9.59 Å². The van der Waals surface area contributed by atoms with Gasteiger partial charge in [0.15, 0.2) is 0 Å². The second kappa shape index (κ2) is 7.08. The molecule has 0 spiro atoms. The maximum absolute atomic E-state index is 12.6. The van der Waals surface area contributed by atoms with E-state index in [1.165, 1.54) is 0 Å². The highest BCUT2D eigenvalue weighted by Gasteiger charge is 2.33. The fourth-order valence-corrected chi connectivity index (χ4v) is 2.77. The summed E-state index contributed by atoms with van der Waals surface area (Å²) < 4.78 is 0. The largest absolute Gasteiger partial charge is 0.465 e. The Morgan fingerprint density at radius 1 is 1.38 bits per heavy atom. The zero-order valence-corrected chi connectivity index (χ0v) is 11.9. The van der Waals surface area contributed by atoms with E-state index in [1.807, 2.05) is 30.3 Å². The Hall–Kier alpha value is -2.08. The van der Waals surface area contributed by atoms with Gasteiger partial charge in [0.05, 0.1) is 0 Å². The zero-order chi connectivity index (χ0) is 15.2. The number of carbonyl (C=O) groups is 2. The second-order valence-corrected chi connectivity index (χ2v) is 5.26. The van der Waals surface area contributed by atoms with Crippen LogP contribution in [0.4, 0.5) is 4.79 Å². The number of hydrogen-bond donors (Lipinski definition) is 3. The molecule has 0 saturated carbocycles. The lowest BCUT2D eigenvalue weighted by Crippen LogP contribution is -2.52. The minimum atomic E-state index is -1.19. The van der Waals surface area contributed by atoms with Crippen molar-refractivity contribution in [3.8, 4) is 0 Å². The molecule has 0 aromatic heterocycles. The highest BCUT2D eigenvalue weighted by Crippen LogP contribution is 2.18. The Labute approximate surface area is 123 Å². The fraction of sp³-hybridized carbons (Fsp3) is 0.467.